The highest BCUT2D eigenvalue weighted by Gasteiger charge is 2.22. The van der Waals surface area contributed by atoms with Crippen LogP contribution in [0.15, 0.2) is 65.8 Å². The van der Waals surface area contributed by atoms with Gasteiger partial charge in [-0.3, -0.25) is 4.72 Å². The molecule has 4 rings (SSSR count). The van der Waals surface area contributed by atoms with Gasteiger partial charge in [0.05, 0.1) is 25.2 Å². The quantitative estimate of drug-likeness (QED) is 0.605. The first-order valence-electron chi connectivity index (χ1n) is 9.69. The van der Waals surface area contributed by atoms with Crippen LogP contribution in [0, 0.1) is 0 Å². The van der Waals surface area contributed by atoms with Crippen molar-refractivity contribution in [2.45, 2.75) is 4.90 Å². The Hall–Kier alpha value is -3.04. The highest BCUT2D eigenvalue weighted by Crippen LogP contribution is 2.28. The molecular weight excluding hydrogens is 438 g/mol. The largest absolute Gasteiger partial charge is 0.495 e. The molecule has 0 amide bonds. The van der Waals surface area contributed by atoms with Crippen LogP contribution in [0.25, 0.3) is 0 Å². The number of hydrogen-bond donors (Lipinski definition) is 1. The summed E-state index contributed by atoms with van der Waals surface area (Å²) < 4.78 is 33.2. The van der Waals surface area contributed by atoms with Crippen molar-refractivity contribution in [2.75, 3.05) is 47.8 Å². The van der Waals surface area contributed by atoms with Gasteiger partial charge in [0.15, 0.2) is 0 Å². The third-order valence-corrected chi connectivity index (χ3v) is 6.63. The molecule has 0 atom stereocenters. The highest BCUT2D eigenvalue weighted by atomic mass is 35.5. The van der Waals surface area contributed by atoms with E-state index in [1.807, 2.05) is 18.2 Å². The van der Waals surface area contributed by atoms with E-state index >= 15 is 0 Å². The zero-order valence-corrected chi connectivity index (χ0v) is 18.5. The van der Waals surface area contributed by atoms with Gasteiger partial charge in [-0.2, -0.15) is 0 Å². The second-order valence-electron chi connectivity index (χ2n) is 6.98. The molecular formula is C21H22ClN5O3S. The zero-order valence-electron chi connectivity index (χ0n) is 16.9. The third kappa shape index (κ3) is 4.83. The van der Waals surface area contributed by atoms with Crippen LogP contribution >= 0.6 is 11.6 Å². The lowest BCUT2D eigenvalue weighted by atomic mass is 10.2. The predicted octanol–water partition coefficient (Wildman–Crippen LogP) is 3.27. The van der Waals surface area contributed by atoms with Crippen LogP contribution in [0.4, 0.5) is 17.3 Å². The van der Waals surface area contributed by atoms with Crippen molar-refractivity contribution in [2.24, 2.45) is 0 Å². The molecule has 0 aliphatic carbocycles. The van der Waals surface area contributed by atoms with Gasteiger partial charge >= 0.3 is 0 Å². The number of hydrogen-bond acceptors (Lipinski definition) is 7. The zero-order chi connectivity index (χ0) is 21.8. The number of methoxy groups -OCH3 is 1. The summed E-state index contributed by atoms with van der Waals surface area (Å²) in [7, 11) is -2.51. The Morgan fingerprint density at radius 3 is 2.26 bits per heavy atom. The molecule has 0 saturated carbocycles. The number of ether oxygens (including phenoxy) is 1. The fourth-order valence-corrected chi connectivity index (χ4v) is 4.87. The van der Waals surface area contributed by atoms with E-state index in [0.717, 1.165) is 26.2 Å². The van der Waals surface area contributed by atoms with Crippen molar-refractivity contribution in [3.63, 3.8) is 0 Å². The first-order valence-corrected chi connectivity index (χ1v) is 11.6. The molecule has 0 bridgehead atoms. The number of aromatic nitrogens is 2. The smallest absolute Gasteiger partial charge is 0.265 e. The van der Waals surface area contributed by atoms with E-state index in [1.165, 1.54) is 37.3 Å². The van der Waals surface area contributed by atoms with E-state index in [9.17, 15) is 8.42 Å². The number of rotatable bonds is 6. The Morgan fingerprint density at radius 2 is 1.61 bits per heavy atom. The summed E-state index contributed by atoms with van der Waals surface area (Å²) in [6.45, 7) is 3.27. The molecule has 1 aromatic heterocycles. The summed E-state index contributed by atoms with van der Waals surface area (Å²) in [6.07, 6.45) is 2.92. The first kappa shape index (κ1) is 21.2. The molecule has 1 aliphatic rings. The Kier molecular flexibility index (Phi) is 6.15. The highest BCUT2D eigenvalue weighted by molar-refractivity contribution is 7.92. The lowest BCUT2D eigenvalue weighted by Gasteiger charge is -2.36. The summed E-state index contributed by atoms with van der Waals surface area (Å²) >= 11 is 5.96. The first-order chi connectivity index (χ1) is 15.0. The molecule has 1 N–H and O–H groups in total. The van der Waals surface area contributed by atoms with Gasteiger partial charge in [-0.05, 0) is 30.3 Å². The standard InChI is InChI=1S/C21H22ClN5O3S/c1-30-19-8-7-16(22)13-20(19)31(28,29)25-17-14-23-21(24-15-17)27-11-9-26(10-12-27)18-5-3-2-4-6-18/h2-8,13-15,25H,9-12H2,1H3. The topological polar surface area (TPSA) is 87.7 Å². The van der Waals surface area contributed by atoms with E-state index in [2.05, 4.69) is 36.6 Å². The minimum absolute atomic E-state index is 0.0522. The lowest BCUT2D eigenvalue weighted by Crippen LogP contribution is -2.47. The van der Waals surface area contributed by atoms with Crippen LogP contribution in [-0.2, 0) is 10.0 Å². The van der Waals surface area contributed by atoms with Gasteiger partial charge in [0, 0.05) is 36.9 Å². The molecule has 2 heterocycles. The third-order valence-electron chi connectivity index (χ3n) is 4.99. The van der Waals surface area contributed by atoms with Crippen molar-refractivity contribution in [1.29, 1.82) is 0 Å². The maximum atomic E-state index is 12.8. The van der Waals surface area contributed by atoms with Crippen molar-refractivity contribution in [3.05, 3.63) is 65.9 Å². The molecule has 162 valence electrons. The van der Waals surface area contributed by atoms with E-state index in [0.29, 0.717) is 11.0 Å². The molecule has 3 aromatic rings. The number of halogens is 1. The Labute approximate surface area is 186 Å². The number of anilines is 3. The second-order valence-corrected chi connectivity index (χ2v) is 9.07. The molecule has 0 spiro atoms. The molecule has 31 heavy (non-hydrogen) atoms. The minimum Gasteiger partial charge on any atom is -0.495 e. The van der Waals surface area contributed by atoms with Gasteiger partial charge in [0.1, 0.15) is 10.6 Å². The van der Waals surface area contributed by atoms with Gasteiger partial charge < -0.3 is 14.5 Å². The van der Waals surface area contributed by atoms with Crippen molar-refractivity contribution in [3.8, 4) is 5.75 Å². The maximum absolute atomic E-state index is 12.8. The average Bonchev–Trinajstić information content (AvgIpc) is 2.80. The minimum atomic E-state index is -3.91. The number of benzene rings is 2. The molecule has 8 nitrogen and oxygen atoms in total. The van der Waals surface area contributed by atoms with E-state index in [1.54, 1.807) is 6.07 Å². The van der Waals surface area contributed by atoms with Crippen LogP contribution in [0.2, 0.25) is 5.02 Å². The normalized spacial score (nSPS) is 14.4. The molecule has 1 aliphatic heterocycles. The van der Waals surface area contributed by atoms with Crippen LogP contribution in [-0.4, -0.2) is 51.7 Å². The SMILES string of the molecule is COc1ccc(Cl)cc1S(=O)(=O)Nc1cnc(N2CCN(c3ccccc3)CC2)nc1. The summed E-state index contributed by atoms with van der Waals surface area (Å²) in [4.78, 5) is 13.0. The van der Waals surface area contributed by atoms with E-state index < -0.39 is 10.0 Å². The second kappa shape index (κ2) is 8.99. The molecule has 1 saturated heterocycles. The van der Waals surface area contributed by atoms with E-state index in [-0.39, 0.29) is 16.3 Å². The molecule has 0 unspecified atom stereocenters. The number of para-hydroxylation sites is 1. The van der Waals surface area contributed by atoms with Gasteiger partial charge in [-0.1, -0.05) is 29.8 Å². The molecule has 0 radical (unpaired) electrons. The van der Waals surface area contributed by atoms with Crippen molar-refractivity contribution < 1.29 is 13.2 Å². The van der Waals surface area contributed by atoms with Crippen molar-refractivity contribution in [1.82, 2.24) is 9.97 Å². The number of sulfonamides is 1. The monoisotopic (exact) mass is 459 g/mol. The van der Waals surface area contributed by atoms with E-state index in [4.69, 9.17) is 16.3 Å². The Morgan fingerprint density at radius 1 is 0.968 bits per heavy atom. The van der Waals surface area contributed by atoms with Crippen LogP contribution in [0.3, 0.4) is 0 Å². The summed E-state index contributed by atoms with van der Waals surface area (Å²) in [6, 6.07) is 14.7. The summed E-state index contributed by atoms with van der Waals surface area (Å²) in [5.41, 5.74) is 1.46. The molecule has 1 fully saturated rings. The number of piperazine rings is 1. The Balaban J connectivity index is 1.43. The molecule has 10 heteroatoms. The fourth-order valence-electron chi connectivity index (χ4n) is 3.41. The molecule has 2 aromatic carbocycles. The fraction of sp³-hybridized carbons (Fsp3) is 0.238. The van der Waals surface area contributed by atoms with Crippen LogP contribution in [0.1, 0.15) is 0 Å². The van der Waals surface area contributed by atoms with Crippen molar-refractivity contribution >= 4 is 38.9 Å². The number of nitrogens with zero attached hydrogens (tertiary/aromatic N) is 4. The summed E-state index contributed by atoms with van der Waals surface area (Å²) in [5, 5.41) is 0.294. The average molecular weight is 460 g/mol. The van der Waals surface area contributed by atoms with Gasteiger partial charge in [0.25, 0.3) is 10.0 Å². The lowest BCUT2D eigenvalue weighted by molar-refractivity contribution is 0.403. The van der Waals surface area contributed by atoms with Crippen LogP contribution in [0.5, 0.6) is 5.75 Å². The Bertz CT molecular complexity index is 1140. The van der Waals surface area contributed by atoms with Gasteiger partial charge in [-0.25, -0.2) is 18.4 Å². The predicted molar refractivity (Wildman–Crippen MR) is 122 cm³/mol. The van der Waals surface area contributed by atoms with Crippen LogP contribution < -0.4 is 19.3 Å². The maximum Gasteiger partial charge on any atom is 0.265 e. The number of nitrogens with one attached hydrogen (secondary N) is 1. The summed E-state index contributed by atoms with van der Waals surface area (Å²) in [5.74, 6) is 0.765. The van der Waals surface area contributed by atoms with Gasteiger partial charge in [-0.15, -0.1) is 0 Å². The van der Waals surface area contributed by atoms with Gasteiger partial charge in [0.2, 0.25) is 5.95 Å².